The summed E-state index contributed by atoms with van der Waals surface area (Å²) in [5.41, 5.74) is 0. The minimum atomic E-state index is -0.0389. The van der Waals surface area contributed by atoms with Crippen LogP contribution < -0.4 is 5.32 Å². The van der Waals surface area contributed by atoms with Gasteiger partial charge in [-0.1, -0.05) is 0 Å². The predicted octanol–water partition coefficient (Wildman–Crippen LogP) is 1.96. The highest BCUT2D eigenvalue weighted by atomic mass is 79.9. The van der Waals surface area contributed by atoms with Crippen molar-refractivity contribution in [3.05, 3.63) is 20.8 Å². The molecule has 2 amide bonds. The molecule has 1 aliphatic heterocycles. The minimum Gasteiger partial charge on any atom is -0.396 e. The second kappa shape index (κ2) is 5.16. The molecule has 1 atom stereocenters. The number of hydrogen-bond acceptors (Lipinski definition) is 3. The zero-order valence-corrected chi connectivity index (χ0v) is 11.1. The Morgan fingerprint density at radius 2 is 2.44 bits per heavy atom. The van der Waals surface area contributed by atoms with Gasteiger partial charge in [0.15, 0.2) is 0 Å². The van der Waals surface area contributed by atoms with Crippen molar-refractivity contribution in [1.29, 1.82) is 0 Å². The van der Waals surface area contributed by atoms with E-state index >= 15 is 0 Å². The standard InChI is InChI=1S/C10H13BrN2O2S/c11-9-3-2-8(16-9)7-6-13(4-1-5-14)10(15)12-7/h2-3,7,14H,1,4-6H2,(H,12,15). The van der Waals surface area contributed by atoms with E-state index in [-0.39, 0.29) is 18.7 Å². The summed E-state index contributed by atoms with van der Waals surface area (Å²) in [6.45, 7) is 1.43. The third kappa shape index (κ3) is 2.56. The van der Waals surface area contributed by atoms with Crippen LogP contribution in [0, 0.1) is 0 Å². The van der Waals surface area contributed by atoms with E-state index in [1.165, 1.54) is 0 Å². The molecule has 2 heterocycles. The lowest BCUT2D eigenvalue weighted by Gasteiger charge is -2.12. The topological polar surface area (TPSA) is 52.6 Å². The van der Waals surface area contributed by atoms with Gasteiger partial charge in [-0.05, 0) is 34.5 Å². The molecule has 0 aromatic carbocycles. The summed E-state index contributed by atoms with van der Waals surface area (Å²) in [5, 5.41) is 11.7. The molecule has 16 heavy (non-hydrogen) atoms. The lowest BCUT2D eigenvalue weighted by atomic mass is 10.2. The van der Waals surface area contributed by atoms with Gasteiger partial charge in [-0.15, -0.1) is 11.3 Å². The molecule has 0 spiro atoms. The largest absolute Gasteiger partial charge is 0.396 e. The lowest BCUT2D eigenvalue weighted by molar-refractivity contribution is 0.209. The Bertz CT molecular complexity index is 383. The van der Waals surface area contributed by atoms with Crippen LogP contribution in [-0.4, -0.2) is 35.7 Å². The van der Waals surface area contributed by atoms with Crippen LogP contribution in [0.1, 0.15) is 17.3 Å². The third-order valence-electron chi connectivity index (χ3n) is 2.51. The SMILES string of the molecule is O=C1NC(c2ccc(Br)s2)CN1CCCO. The summed E-state index contributed by atoms with van der Waals surface area (Å²) in [5.74, 6) is 0. The van der Waals surface area contributed by atoms with Gasteiger partial charge in [0.1, 0.15) is 0 Å². The van der Waals surface area contributed by atoms with Gasteiger partial charge < -0.3 is 15.3 Å². The molecule has 4 nitrogen and oxygen atoms in total. The molecule has 1 aliphatic rings. The van der Waals surface area contributed by atoms with E-state index in [0.29, 0.717) is 19.5 Å². The summed E-state index contributed by atoms with van der Waals surface area (Å²) >= 11 is 5.05. The maximum absolute atomic E-state index is 11.6. The number of hydrogen-bond donors (Lipinski definition) is 2. The van der Waals surface area contributed by atoms with E-state index in [1.54, 1.807) is 16.2 Å². The second-order valence-corrected chi connectivity index (χ2v) is 6.16. The molecule has 1 saturated heterocycles. The molecule has 2 rings (SSSR count). The highest BCUT2D eigenvalue weighted by Gasteiger charge is 2.29. The van der Waals surface area contributed by atoms with Crippen LogP contribution in [0.25, 0.3) is 0 Å². The molecule has 1 aromatic heterocycles. The maximum atomic E-state index is 11.6. The average molecular weight is 305 g/mol. The Morgan fingerprint density at radius 1 is 1.62 bits per heavy atom. The number of aliphatic hydroxyl groups is 1. The second-order valence-electron chi connectivity index (χ2n) is 3.67. The lowest BCUT2D eigenvalue weighted by Crippen LogP contribution is -2.29. The van der Waals surface area contributed by atoms with E-state index in [0.717, 1.165) is 8.66 Å². The number of rotatable bonds is 4. The number of carbonyl (C=O) groups is 1. The Labute approximate surface area is 106 Å². The number of thiophene rings is 1. The van der Waals surface area contributed by atoms with Crippen molar-refractivity contribution in [3.8, 4) is 0 Å². The molecule has 0 bridgehead atoms. The fraction of sp³-hybridized carbons (Fsp3) is 0.500. The minimum absolute atomic E-state index is 0.0389. The van der Waals surface area contributed by atoms with Crippen LogP contribution in [0.2, 0.25) is 0 Å². The molecule has 2 N–H and O–H groups in total. The molecule has 1 unspecified atom stereocenters. The van der Waals surface area contributed by atoms with Gasteiger partial charge in [-0.3, -0.25) is 0 Å². The number of nitrogens with one attached hydrogen (secondary N) is 1. The number of nitrogens with zero attached hydrogens (tertiary/aromatic N) is 1. The molecular weight excluding hydrogens is 292 g/mol. The van der Waals surface area contributed by atoms with Gasteiger partial charge in [0, 0.05) is 24.6 Å². The Balaban J connectivity index is 1.98. The van der Waals surface area contributed by atoms with Crippen LogP contribution >= 0.6 is 27.3 Å². The fourth-order valence-corrected chi connectivity index (χ4v) is 3.19. The van der Waals surface area contributed by atoms with Crippen molar-refractivity contribution in [2.75, 3.05) is 19.7 Å². The van der Waals surface area contributed by atoms with Gasteiger partial charge in [0.25, 0.3) is 0 Å². The average Bonchev–Trinajstić information content (AvgIpc) is 2.82. The number of amides is 2. The quantitative estimate of drug-likeness (QED) is 0.893. The van der Waals surface area contributed by atoms with Crippen molar-refractivity contribution in [2.45, 2.75) is 12.5 Å². The number of aliphatic hydroxyl groups excluding tert-OH is 1. The van der Waals surface area contributed by atoms with E-state index in [2.05, 4.69) is 21.2 Å². The molecule has 1 fully saturated rings. The smallest absolute Gasteiger partial charge is 0.318 e. The number of carbonyl (C=O) groups excluding carboxylic acids is 1. The Morgan fingerprint density at radius 3 is 3.06 bits per heavy atom. The van der Waals surface area contributed by atoms with Crippen molar-refractivity contribution in [3.63, 3.8) is 0 Å². The van der Waals surface area contributed by atoms with Gasteiger partial charge in [0.2, 0.25) is 0 Å². The summed E-state index contributed by atoms with van der Waals surface area (Å²) in [4.78, 5) is 14.5. The van der Waals surface area contributed by atoms with Crippen LogP contribution in [0.5, 0.6) is 0 Å². The highest BCUT2D eigenvalue weighted by molar-refractivity contribution is 9.11. The van der Waals surface area contributed by atoms with E-state index in [4.69, 9.17) is 5.11 Å². The summed E-state index contributed by atoms with van der Waals surface area (Å²) in [6.07, 6.45) is 0.633. The normalized spacial score (nSPS) is 20.2. The van der Waals surface area contributed by atoms with E-state index in [1.807, 2.05) is 12.1 Å². The first-order chi connectivity index (χ1) is 7.70. The third-order valence-corrected chi connectivity index (χ3v) is 4.25. The first kappa shape index (κ1) is 11.9. The van der Waals surface area contributed by atoms with Gasteiger partial charge in [-0.2, -0.15) is 0 Å². The number of halogens is 1. The summed E-state index contributed by atoms with van der Waals surface area (Å²) < 4.78 is 1.07. The molecule has 1 aromatic rings. The van der Waals surface area contributed by atoms with Crippen LogP contribution in [-0.2, 0) is 0 Å². The van der Waals surface area contributed by atoms with Gasteiger partial charge in [-0.25, -0.2) is 4.79 Å². The summed E-state index contributed by atoms with van der Waals surface area (Å²) in [7, 11) is 0. The van der Waals surface area contributed by atoms with Crippen molar-refractivity contribution >= 4 is 33.3 Å². The number of urea groups is 1. The zero-order valence-electron chi connectivity index (χ0n) is 8.65. The molecule has 0 saturated carbocycles. The Hall–Kier alpha value is -0.590. The maximum Gasteiger partial charge on any atom is 0.318 e. The van der Waals surface area contributed by atoms with Crippen molar-refractivity contribution in [1.82, 2.24) is 10.2 Å². The van der Waals surface area contributed by atoms with Crippen molar-refractivity contribution < 1.29 is 9.90 Å². The van der Waals surface area contributed by atoms with Crippen LogP contribution in [0.4, 0.5) is 4.79 Å². The summed E-state index contributed by atoms with van der Waals surface area (Å²) in [6, 6.07) is 4.06. The molecule has 0 aliphatic carbocycles. The van der Waals surface area contributed by atoms with Gasteiger partial charge in [0.05, 0.1) is 9.83 Å². The Kier molecular flexibility index (Phi) is 3.83. The molecule has 6 heteroatoms. The zero-order chi connectivity index (χ0) is 11.5. The molecule has 0 radical (unpaired) electrons. The highest BCUT2D eigenvalue weighted by Crippen LogP contribution is 2.30. The first-order valence-electron chi connectivity index (χ1n) is 5.12. The van der Waals surface area contributed by atoms with Crippen LogP contribution in [0.3, 0.4) is 0 Å². The van der Waals surface area contributed by atoms with E-state index in [9.17, 15) is 4.79 Å². The molecule has 88 valence electrons. The van der Waals surface area contributed by atoms with E-state index < -0.39 is 0 Å². The molecular formula is C10H13BrN2O2S. The first-order valence-corrected chi connectivity index (χ1v) is 6.73. The fourth-order valence-electron chi connectivity index (χ4n) is 1.72. The predicted molar refractivity (Wildman–Crippen MR) is 66.6 cm³/mol. The van der Waals surface area contributed by atoms with Crippen molar-refractivity contribution in [2.24, 2.45) is 0 Å². The van der Waals surface area contributed by atoms with Gasteiger partial charge >= 0.3 is 6.03 Å². The van der Waals surface area contributed by atoms with Crippen LogP contribution in [0.15, 0.2) is 15.9 Å². The monoisotopic (exact) mass is 304 g/mol.